The lowest BCUT2D eigenvalue weighted by molar-refractivity contribution is 0.0249. The third-order valence-electron chi connectivity index (χ3n) is 8.03. The van der Waals surface area contributed by atoms with Crippen molar-refractivity contribution in [1.82, 2.24) is 0 Å². The summed E-state index contributed by atoms with van der Waals surface area (Å²) in [7, 11) is 0. The Hall–Kier alpha value is -1.31. The molecule has 0 bridgehead atoms. The number of carbonyl (C=O) groups is 1. The molecule has 3 aliphatic rings. The number of benzene rings is 1. The highest BCUT2D eigenvalue weighted by Gasteiger charge is 2.32. The average molecular weight is 383 g/mol. The van der Waals surface area contributed by atoms with Crippen molar-refractivity contribution < 1.29 is 9.53 Å². The molecule has 4 rings (SSSR count). The molecule has 0 saturated heterocycles. The van der Waals surface area contributed by atoms with E-state index in [0.29, 0.717) is 5.92 Å². The van der Waals surface area contributed by atoms with Gasteiger partial charge in [-0.15, -0.1) is 0 Å². The summed E-state index contributed by atoms with van der Waals surface area (Å²) >= 11 is 0. The van der Waals surface area contributed by atoms with Crippen molar-refractivity contribution in [3.8, 4) is 0 Å². The van der Waals surface area contributed by atoms with Crippen LogP contribution in [0, 0.1) is 17.8 Å². The molecule has 1 aromatic rings. The fraction of sp³-hybridized carbons (Fsp3) is 0.731. The summed E-state index contributed by atoms with van der Waals surface area (Å²) in [4.78, 5) is 12.4. The molecule has 0 amide bonds. The molecule has 1 heterocycles. The lowest BCUT2D eigenvalue weighted by Crippen LogP contribution is -2.27. The zero-order valence-corrected chi connectivity index (χ0v) is 17.9. The SMILES string of the molecule is CCCC1CCC(C2CCC(c3ccc4c(c3)C(=O)OC(CC)C4)CC2)CC1. The van der Waals surface area contributed by atoms with Crippen LogP contribution in [0.25, 0.3) is 0 Å². The van der Waals surface area contributed by atoms with Crippen LogP contribution in [0.2, 0.25) is 0 Å². The first-order valence-corrected chi connectivity index (χ1v) is 12.0. The van der Waals surface area contributed by atoms with E-state index in [2.05, 4.69) is 32.0 Å². The third-order valence-corrected chi connectivity index (χ3v) is 8.03. The maximum atomic E-state index is 12.4. The predicted molar refractivity (Wildman–Crippen MR) is 115 cm³/mol. The van der Waals surface area contributed by atoms with E-state index in [4.69, 9.17) is 4.74 Å². The van der Waals surface area contributed by atoms with Gasteiger partial charge in [-0.1, -0.05) is 51.7 Å². The fourth-order valence-electron chi connectivity index (χ4n) is 6.23. The van der Waals surface area contributed by atoms with E-state index < -0.39 is 0 Å². The second kappa shape index (κ2) is 9.01. The number of rotatable bonds is 5. The Morgan fingerprint density at radius 3 is 2.25 bits per heavy atom. The standard InChI is InChI=1S/C26H38O2/c1-3-5-18-6-8-19(9-7-18)20-10-12-21(13-11-20)22-14-15-23-16-24(4-2)28-26(27)25(23)17-22/h14-15,17-21,24H,3-13,16H2,1-2H3. The van der Waals surface area contributed by atoms with Crippen LogP contribution >= 0.6 is 0 Å². The Morgan fingerprint density at radius 1 is 0.929 bits per heavy atom. The number of esters is 1. The minimum Gasteiger partial charge on any atom is -0.458 e. The summed E-state index contributed by atoms with van der Waals surface area (Å²) in [5, 5.41) is 0. The zero-order valence-electron chi connectivity index (χ0n) is 17.9. The van der Waals surface area contributed by atoms with Crippen molar-refractivity contribution in [3.05, 3.63) is 34.9 Å². The third kappa shape index (κ3) is 4.31. The quantitative estimate of drug-likeness (QED) is 0.510. The lowest BCUT2D eigenvalue weighted by Gasteiger charge is -2.38. The maximum absolute atomic E-state index is 12.4. The number of carbonyl (C=O) groups excluding carboxylic acids is 1. The molecular weight excluding hydrogens is 344 g/mol. The number of cyclic esters (lactones) is 1. The van der Waals surface area contributed by atoms with E-state index in [1.807, 2.05) is 0 Å². The number of hydrogen-bond acceptors (Lipinski definition) is 2. The van der Waals surface area contributed by atoms with Crippen LogP contribution in [-0.2, 0) is 11.2 Å². The van der Waals surface area contributed by atoms with E-state index >= 15 is 0 Å². The lowest BCUT2D eigenvalue weighted by atomic mass is 9.68. The van der Waals surface area contributed by atoms with E-state index in [-0.39, 0.29) is 12.1 Å². The minimum atomic E-state index is -0.104. The first-order valence-electron chi connectivity index (χ1n) is 12.0. The van der Waals surface area contributed by atoms with Gasteiger partial charge in [0.05, 0.1) is 5.56 Å². The second-order valence-corrected chi connectivity index (χ2v) is 9.74. The number of ether oxygens (including phenoxy) is 1. The van der Waals surface area contributed by atoms with E-state index in [1.165, 1.54) is 75.3 Å². The highest BCUT2D eigenvalue weighted by atomic mass is 16.5. The summed E-state index contributed by atoms with van der Waals surface area (Å²) in [5.74, 6) is 3.48. The van der Waals surface area contributed by atoms with E-state index in [0.717, 1.165) is 36.2 Å². The monoisotopic (exact) mass is 382 g/mol. The molecular formula is C26H38O2. The summed E-state index contributed by atoms with van der Waals surface area (Å²) in [6.45, 7) is 4.42. The molecule has 0 spiro atoms. The Bertz CT molecular complexity index is 663. The van der Waals surface area contributed by atoms with Gasteiger partial charge in [-0.3, -0.25) is 0 Å². The van der Waals surface area contributed by atoms with Crippen LogP contribution in [-0.4, -0.2) is 12.1 Å². The van der Waals surface area contributed by atoms with Gasteiger partial charge in [0.15, 0.2) is 0 Å². The van der Waals surface area contributed by atoms with Crippen molar-refractivity contribution in [3.63, 3.8) is 0 Å². The van der Waals surface area contributed by atoms with Gasteiger partial charge in [0.1, 0.15) is 6.10 Å². The van der Waals surface area contributed by atoms with Crippen molar-refractivity contribution >= 4 is 5.97 Å². The normalized spacial score (nSPS) is 33.2. The first kappa shape index (κ1) is 20.0. The molecule has 2 saturated carbocycles. The van der Waals surface area contributed by atoms with Gasteiger partial charge in [0, 0.05) is 6.42 Å². The molecule has 0 aromatic heterocycles. The van der Waals surface area contributed by atoms with Gasteiger partial charge in [0.2, 0.25) is 0 Å². The molecule has 1 atom stereocenters. The maximum Gasteiger partial charge on any atom is 0.338 e. The Labute approximate surface area is 171 Å². The van der Waals surface area contributed by atoms with Gasteiger partial charge in [-0.2, -0.15) is 0 Å². The largest absolute Gasteiger partial charge is 0.458 e. The molecule has 2 aliphatic carbocycles. The average Bonchev–Trinajstić information content (AvgIpc) is 2.74. The Balaban J connectivity index is 1.33. The topological polar surface area (TPSA) is 26.3 Å². The molecule has 2 fully saturated rings. The second-order valence-electron chi connectivity index (χ2n) is 9.74. The van der Waals surface area contributed by atoms with Gasteiger partial charge in [-0.05, 0) is 85.8 Å². The smallest absolute Gasteiger partial charge is 0.338 e. The van der Waals surface area contributed by atoms with Gasteiger partial charge in [0.25, 0.3) is 0 Å². The zero-order chi connectivity index (χ0) is 19.5. The Morgan fingerprint density at radius 2 is 1.61 bits per heavy atom. The molecule has 154 valence electrons. The molecule has 1 aliphatic heterocycles. The van der Waals surface area contributed by atoms with Crippen LogP contribution < -0.4 is 0 Å². The van der Waals surface area contributed by atoms with E-state index in [9.17, 15) is 4.79 Å². The van der Waals surface area contributed by atoms with Crippen LogP contribution in [0.3, 0.4) is 0 Å². The molecule has 1 unspecified atom stereocenters. The van der Waals surface area contributed by atoms with Crippen molar-refractivity contribution in [2.24, 2.45) is 17.8 Å². The highest BCUT2D eigenvalue weighted by Crippen LogP contribution is 2.44. The summed E-state index contributed by atoms with van der Waals surface area (Å²) in [6.07, 6.45) is 15.9. The van der Waals surface area contributed by atoms with Crippen LogP contribution in [0.5, 0.6) is 0 Å². The number of hydrogen-bond donors (Lipinski definition) is 0. The molecule has 2 heteroatoms. The van der Waals surface area contributed by atoms with E-state index in [1.54, 1.807) is 0 Å². The highest BCUT2D eigenvalue weighted by molar-refractivity contribution is 5.92. The van der Waals surface area contributed by atoms with Crippen molar-refractivity contribution in [2.45, 2.75) is 103 Å². The van der Waals surface area contributed by atoms with Crippen molar-refractivity contribution in [2.75, 3.05) is 0 Å². The van der Waals surface area contributed by atoms with Gasteiger partial charge < -0.3 is 4.74 Å². The summed E-state index contributed by atoms with van der Waals surface area (Å²) in [6, 6.07) is 6.66. The van der Waals surface area contributed by atoms with Crippen molar-refractivity contribution in [1.29, 1.82) is 0 Å². The van der Waals surface area contributed by atoms with Gasteiger partial charge >= 0.3 is 5.97 Å². The van der Waals surface area contributed by atoms with Crippen LogP contribution in [0.1, 0.15) is 112 Å². The predicted octanol–water partition coefficient (Wildman–Crippen LogP) is 7.06. The first-order chi connectivity index (χ1) is 13.7. The summed E-state index contributed by atoms with van der Waals surface area (Å²) < 4.78 is 5.59. The molecule has 0 radical (unpaired) electrons. The van der Waals surface area contributed by atoms with Gasteiger partial charge in [-0.25, -0.2) is 4.79 Å². The van der Waals surface area contributed by atoms with Crippen LogP contribution in [0.15, 0.2) is 18.2 Å². The molecule has 1 aromatic carbocycles. The number of fused-ring (bicyclic) bond motifs is 1. The van der Waals surface area contributed by atoms with Crippen LogP contribution in [0.4, 0.5) is 0 Å². The molecule has 28 heavy (non-hydrogen) atoms. The summed E-state index contributed by atoms with van der Waals surface area (Å²) in [5.41, 5.74) is 3.39. The molecule has 0 N–H and O–H groups in total. The Kier molecular flexibility index (Phi) is 6.43. The molecule has 2 nitrogen and oxygen atoms in total. The minimum absolute atomic E-state index is 0.0636. The fourth-order valence-corrected chi connectivity index (χ4v) is 6.23.